The number of alkyl halides is 1. The molecule has 0 aliphatic carbocycles. The second kappa shape index (κ2) is 7.98. The van der Waals surface area contributed by atoms with Gasteiger partial charge in [-0.05, 0) is 22.8 Å². The highest BCUT2D eigenvalue weighted by molar-refractivity contribution is 9.08. The fourth-order valence-electron chi connectivity index (χ4n) is 2.77. The number of nitrogens with zero attached hydrogens (tertiary/aromatic N) is 1. The van der Waals surface area contributed by atoms with Crippen molar-refractivity contribution in [3.05, 3.63) is 102 Å². The monoisotopic (exact) mass is 365 g/mol. The topological polar surface area (TPSA) is 3.24 Å². The molecule has 3 aromatic carbocycles. The van der Waals surface area contributed by atoms with E-state index in [1.807, 2.05) is 0 Å². The molecule has 2 heteroatoms. The molecule has 3 aromatic rings. The first-order valence-corrected chi connectivity index (χ1v) is 8.95. The molecule has 0 fully saturated rings. The summed E-state index contributed by atoms with van der Waals surface area (Å²) in [7, 11) is 0. The molecule has 0 amide bonds. The molecule has 3 rings (SSSR count). The molecule has 23 heavy (non-hydrogen) atoms. The maximum Gasteiger partial charge on any atom is 0.0433 e. The van der Waals surface area contributed by atoms with Crippen LogP contribution in [-0.4, -0.2) is 0 Å². The minimum Gasteiger partial charge on any atom is -0.363 e. The number of anilines is 1. The zero-order valence-electron chi connectivity index (χ0n) is 13.0. The quantitative estimate of drug-likeness (QED) is 0.499. The van der Waals surface area contributed by atoms with Crippen LogP contribution in [0.1, 0.15) is 16.7 Å². The van der Waals surface area contributed by atoms with Crippen LogP contribution >= 0.6 is 15.9 Å². The fraction of sp³-hybridized carbons (Fsp3) is 0.143. The number of hydrogen-bond donors (Lipinski definition) is 0. The lowest BCUT2D eigenvalue weighted by atomic mass is 10.1. The molecule has 1 nitrogen and oxygen atoms in total. The van der Waals surface area contributed by atoms with E-state index in [-0.39, 0.29) is 0 Å². The van der Waals surface area contributed by atoms with Crippen molar-refractivity contribution in [3.63, 3.8) is 0 Å². The third-order valence-electron chi connectivity index (χ3n) is 3.91. The van der Waals surface area contributed by atoms with Crippen LogP contribution in [-0.2, 0) is 18.4 Å². The highest BCUT2D eigenvalue weighted by atomic mass is 79.9. The van der Waals surface area contributed by atoms with Crippen molar-refractivity contribution in [2.75, 3.05) is 4.90 Å². The van der Waals surface area contributed by atoms with Crippen LogP contribution in [0.15, 0.2) is 84.9 Å². The Balaban J connectivity index is 1.92. The van der Waals surface area contributed by atoms with Gasteiger partial charge in [0, 0.05) is 24.1 Å². The second-order valence-electron chi connectivity index (χ2n) is 5.59. The molecule has 116 valence electrons. The van der Waals surface area contributed by atoms with Crippen LogP contribution in [0.25, 0.3) is 0 Å². The van der Waals surface area contributed by atoms with Gasteiger partial charge in [0.1, 0.15) is 0 Å². The third-order valence-corrected chi connectivity index (χ3v) is 4.51. The summed E-state index contributed by atoms with van der Waals surface area (Å²) in [6, 6.07) is 29.9. The van der Waals surface area contributed by atoms with E-state index in [1.165, 1.54) is 22.4 Å². The van der Waals surface area contributed by atoms with E-state index in [1.54, 1.807) is 0 Å². The maximum absolute atomic E-state index is 3.62. The molecular weight excluding hydrogens is 346 g/mol. The van der Waals surface area contributed by atoms with Gasteiger partial charge < -0.3 is 4.90 Å². The Morgan fingerprint density at radius 1 is 0.609 bits per heavy atom. The standard InChI is InChI=1S/C21H20BrN/c22-15-20-13-7-8-14-21(20)23(16-18-9-3-1-4-10-18)17-19-11-5-2-6-12-19/h1-14H,15-17H2. The van der Waals surface area contributed by atoms with Gasteiger partial charge in [0.15, 0.2) is 0 Å². The summed E-state index contributed by atoms with van der Waals surface area (Å²) in [4.78, 5) is 2.45. The van der Waals surface area contributed by atoms with Crippen LogP contribution in [0, 0.1) is 0 Å². The van der Waals surface area contributed by atoms with Crippen LogP contribution in [0.3, 0.4) is 0 Å². The molecule has 0 atom stereocenters. The molecule has 0 spiro atoms. The van der Waals surface area contributed by atoms with E-state index in [9.17, 15) is 0 Å². The second-order valence-corrected chi connectivity index (χ2v) is 6.15. The summed E-state index contributed by atoms with van der Waals surface area (Å²) in [6.07, 6.45) is 0. The Labute approximate surface area is 146 Å². The average molecular weight is 366 g/mol. The summed E-state index contributed by atoms with van der Waals surface area (Å²) >= 11 is 3.62. The Kier molecular flexibility index (Phi) is 5.49. The minimum absolute atomic E-state index is 0.864. The van der Waals surface area contributed by atoms with Gasteiger partial charge in [-0.2, -0.15) is 0 Å². The van der Waals surface area contributed by atoms with E-state index in [0.29, 0.717) is 0 Å². The predicted molar refractivity (Wildman–Crippen MR) is 102 cm³/mol. The van der Waals surface area contributed by atoms with Crippen molar-refractivity contribution in [3.8, 4) is 0 Å². The van der Waals surface area contributed by atoms with E-state index in [2.05, 4.69) is 106 Å². The zero-order valence-corrected chi connectivity index (χ0v) is 14.6. The summed E-state index contributed by atoms with van der Waals surface area (Å²) in [5.74, 6) is 0. The van der Waals surface area contributed by atoms with E-state index < -0.39 is 0 Å². The summed E-state index contributed by atoms with van der Waals surface area (Å²) < 4.78 is 0. The van der Waals surface area contributed by atoms with Crippen molar-refractivity contribution < 1.29 is 0 Å². The van der Waals surface area contributed by atoms with Gasteiger partial charge >= 0.3 is 0 Å². The molecule has 0 aromatic heterocycles. The Morgan fingerprint density at radius 2 is 1.09 bits per heavy atom. The molecule has 0 radical (unpaired) electrons. The van der Waals surface area contributed by atoms with Gasteiger partial charge in [0.05, 0.1) is 0 Å². The van der Waals surface area contributed by atoms with Crippen molar-refractivity contribution >= 4 is 21.6 Å². The molecule has 0 saturated carbocycles. The van der Waals surface area contributed by atoms with Crippen LogP contribution in [0.2, 0.25) is 0 Å². The van der Waals surface area contributed by atoms with Gasteiger partial charge in [-0.15, -0.1) is 0 Å². The largest absolute Gasteiger partial charge is 0.363 e. The number of rotatable bonds is 6. The van der Waals surface area contributed by atoms with Gasteiger partial charge in [0.2, 0.25) is 0 Å². The average Bonchev–Trinajstić information content (AvgIpc) is 2.63. The molecule has 0 unspecified atom stereocenters. The minimum atomic E-state index is 0.864. The molecule has 0 aliphatic rings. The molecule has 0 aliphatic heterocycles. The summed E-state index contributed by atoms with van der Waals surface area (Å²) in [5.41, 5.74) is 5.26. The van der Waals surface area contributed by atoms with Crippen molar-refractivity contribution in [2.24, 2.45) is 0 Å². The molecule has 0 N–H and O–H groups in total. The highest BCUT2D eigenvalue weighted by Crippen LogP contribution is 2.26. The highest BCUT2D eigenvalue weighted by Gasteiger charge is 2.11. The van der Waals surface area contributed by atoms with Crippen LogP contribution < -0.4 is 4.90 Å². The van der Waals surface area contributed by atoms with Crippen molar-refractivity contribution in [1.82, 2.24) is 0 Å². The first-order chi connectivity index (χ1) is 11.4. The van der Waals surface area contributed by atoms with Crippen molar-refractivity contribution in [2.45, 2.75) is 18.4 Å². The van der Waals surface area contributed by atoms with Gasteiger partial charge in [0.25, 0.3) is 0 Å². The lowest BCUT2D eigenvalue weighted by molar-refractivity contribution is 0.796. The summed E-state index contributed by atoms with van der Waals surface area (Å²) in [6.45, 7) is 1.81. The SMILES string of the molecule is BrCc1ccccc1N(Cc1ccccc1)Cc1ccccc1. The normalized spacial score (nSPS) is 10.5. The third kappa shape index (κ3) is 4.23. The summed E-state index contributed by atoms with van der Waals surface area (Å²) in [5, 5.41) is 0.864. The smallest absolute Gasteiger partial charge is 0.0433 e. The fourth-order valence-corrected chi connectivity index (χ4v) is 3.24. The number of halogens is 1. The molecular formula is C21H20BrN. The number of hydrogen-bond acceptors (Lipinski definition) is 1. The first-order valence-electron chi connectivity index (χ1n) is 7.83. The van der Waals surface area contributed by atoms with Gasteiger partial charge in [-0.1, -0.05) is 94.8 Å². The number of benzene rings is 3. The van der Waals surface area contributed by atoms with Gasteiger partial charge in [-0.25, -0.2) is 0 Å². The Hall–Kier alpha value is -2.06. The van der Waals surface area contributed by atoms with Crippen LogP contribution in [0.4, 0.5) is 5.69 Å². The van der Waals surface area contributed by atoms with E-state index >= 15 is 0 Å². The predicted octanol–water partition coefficient (Wildman–Crippen LogP) is 5.79. The Morgan fingerprint density at radius 3 is 1.61 bits per heavy atom. The Bertz CT molecular complexity index is 684. The molecule has 0 bridgehead atoms. The van der Waals surface area contributed by atoms with E-state index in [4.69, 9.17) is 0 Å². The first kappa shape index (κ1) is 15.8. The molecule has 0 heterocycles. The molecule has 0 saturated heterocycles. The van der Waals surface area contributed by atoms with Gasteiger partial charge in [-0.3, -0.25) is 0 Å². The van der Waals surface area contributed by atoms with E-state index in [0.717, 1.165) is 18.4 Å². The van der Waals surface area contributed by atoms with Crippen molar-refractivity contribution in [1.29, 1.82) is 0 Å². The maximum atomic E-state index is 3.62. The lowest BCUT2D eigenvalue weighted by Crippen LogP contribution is -2.23. The number of para-hydroxylation sites is 1. The van der Waals surface area contributed by atoms with Crippen LogP contribution in [0.5, 0.6) is 0 Å². The lowest BCUT2D eigenvalue weighted by Gasteiger charge is -2.27. The zero-order chi connectivity index (χ0) is 15.9.